The van der Waals surface area contributed by atoms with Crippen LogP contribution in [0.5, 0.6) is 0 Å². The molecule has 0 aliphatic rings. The molecule has 7 nitrogen and oxygen atoms in total. The highest BCUT2D eigenvalue weighted by molar-refractivity contribution is 7.84. The lowest BCUT2D eigenvalue weighted by Gasteiger charge is -2.36. The van der Waals surface area contributed by atoms with Crippen LogP contribution in [-0.2, 0) is 16.5 Å². The molecule has 0 radical (unpaired) electrons. The molecular formula is C23H28F2N4O3S. The van der Waals surface area contributed by atoms with Crippen LogP contribution in [0.3, 0.4) is 0 Å². The van der Waals surface area contributed by atoms with E-state index in [2.05, 4.69) is 19.8 Å². The van der Waals surface area contributed by atoms with Crippen molar-refractivity contribution in [2.24, 2.45) is 0 Å². The highest BCUT2D eigenvalue weighted by Gasteiger charge is 2.38. The minimum atomic E-state index is -1.63. The summed E-state index contributed by atoms with van der Waals surface area (Å²) in [5.41, 5.74) is 0.127. The van der Waals surface area contributed by atoms with Gasteiger partial charge in [0.25, 0.3) is 0 Å². The van der Waals surface area contributed by atoms with Crippen LogP contribution < -0.4 is 4.72 Å². The monoisotopic (exact) mass is 478 g/mol. The molecule has 2 N–H and O–H groups in total. The summed E-state index contributed by atoms with van der Waals surface area (Å²) in [6.45, 7) is 10.3. The molecule has 10 heteroatoms. The van der Waals surface area contributed by atoms with Gasteiger partial charge in [-0.25, -0.2) is 27.7 Å². The second-order valence-electron chi connectivity index (χ2n) is 9.21. The molecule has 3 rings (SSSR count). The van der Waals surface area contributed by atoms with Crippen molar-refractivity contribution in [3.05, 3.63) is 65.1 Å². The van der Waals surface area contributed by atoms with Crippen molar-refractivity contribution in [1.29, 1.82) is 0 Å². The first-order chi connectivity index (χ1) is 15.3. The van der Waals surface area contributed by atoms with Gasteiger partial charge in [-0.2, -0.15) is 0 Å². The third-order valence-corrected chi connectivity index (χ3v) is 7.17. The summed E-state index contributed by atoms with van der Waals surface area (Å²) in [7, 11) is -1.63. The number of aliphatic hydroxyl groups excluding tert-OH is 1. The molecule has 2 heterocycles. The Morgan fingerprint density at radius 1 is 1.12 bits per heavy atom. The molecule has 0 saturated heterocycles. The number of nitrogens with zero attached hydrogens (tertiary/aromatic N) is 3. The minimum absolute atomic E-state index is 0.0474. The first-order valence-electron chi connectivity index (χ1n) is 10.4. The van der Waals surface area contributed by atoms with E-state index in [1.165, 1.54) is 24.8 Å². The molecule has 0 saturated carbocycles. The summed E-state index contributed by atoms with van der Waals surface area (Å²) in [4.78, 5) is 7.81. The van der Waals surface area contributed by atoms with Crippen molar-refractivity contribution in [2.45, 2.75) is 64.4 Å². The average molecular weight is 479 g/mol. The molecule has 3 aromatic rings. The molecule has 2 aromatic heterocycles. The van der Waals surface area contributed by atoms with Crippen LogP contribution in [-0.4, -0.2) is 29.2 Å². The first-order valence-corrected chi connectivity index (χ1v) is 11.5. The smallest absolute Gasteiger partial charge is 0.139 e. The SMILES string of the molecule is Cc1noc(C)c1C(O)CC(C)(NS(=O)C(C)(C)C)c1cc(-c2cncnc2)c(F)cc1F. The second-order valence-corrected chi connectivity index (χ2v) is 11.2. The Kier molecular flexibility index (Phi) is 7.11. The predicted octanol–water partition coefficient (Wildman–Crippen LogP) is 4.42. The van der Waals surface area contributed by atoms with Gasteiger partial charge in [0, 0.05) is 47.1 Å². The van der Waals surface area contributed by atoms with Crippen LogP contribution in [0.4, 0.5) is 8.78 Å². The lowest BCUT2D eigenvalue weighted by atomic mass is 9.83. The normalized spacial score (nSPS) is 15.8. The van der Waals surface area contributed by atoms with E-state index in [4.69, 9.17) is 4.52 Å². The zero-order valence-corrected chi connectivity index (χ0v) is 20.3. The predicted molar refractivity (Wildman–Crippen MR) is 121 cm³/mol. The summed E-state index contributed by atoms with van der Waals surface area (Å²) < 4.78 is 50.4. The van der Waals surface area contributed by atoms with Crippen molar-refractivity contribution in [3.8, 4) is 11.1 Å². The number of halogens is 2. The van der Waals surface area contributed by atoms with E-state index in [0.29, 0.717) is 22.6 Å². The van der Waals surface area contributed by atoms with Crippen LogP contribution >= 0.6 is 0 Å². The van der Waals surface area contributed by atoms with E-state index in [1.54, 1.807) is 41.5 Å². The molecule has 0 spiro atoms. The molecule has 0 bridgehead atoms. The number of hydrogen-bond acceptors (Lipinski definition) is 6. The van der Waals surface area contributed by atoms with Gasteiger partial charge >= 0.3 is 0 Å². The Bertz CT molecular complexity index is 1150. The van der Waals surface area contributed by atoms with Gasteiger partial charge < -0.3 is 9.63 Å². The highest BCUT2D eigenvalue weighted by Crippen LogP contribution is 2.38. The molecular weight excluding hydrogens is 450 g/mol. The number of aromatic nitrogens is 3. The Balaban J connectivity index is 2.14. The third kappa shape index (κ3) is 5.34. The van der Waals surface area contributed by atoms with Crippen molar-refractivity contribution in [1.82, 2.24) is 19.8 Å². The Hall–Kier alpha value is -2.56. The number of nitrogens with one attached hydrogen (secondary N) is 1. The highest BCUT2D eigenvalue weighted by atomic mass is 32.2. The van der Waals surface area contributed by atoms with Crippen LogP contribution in [0.25, 0.3) is 11.1 Å². The van der Waals surface area contributed by atoms with E-state index < -0.39 is 39.0 Å². The summed E-state index contributed by atoms with van der Waals surface area (Å²) in [6, 6.07) is 2.12. The van der Waals surface area contributed by atoms with Crippen LogP contribution in [0.1, 0.15) is 62.8 Å². The molecule has 0 fully saturated rings. The summed E-state index contributed by atoms with van der Waals surface area (Å²) in [5.74, 6) is -1.18. The summed E-state index contributed by atoms with van der Waals surface area (Å²) in [5, 5.41) is 14.9. The molecule has 33 heavy (non-hydrogen) atoms. The van der Waals surface area contributed by atoms with Gasteiger partial charge in [0.15, 0.2) is 0 Å². The molecule has 178 valence electrons. The first kappa shape index (κ1) is 25.1. The Labute approximate surface area is 194 Å². The fourth-order valence-electron chi connectivity index (χ4n) is 3.65. The van der Waals surface area contributed by atoms with Crippen LogP contribution in [0.2, 0.25) is 0 Å². The minimum Gasteiger partial charge on any atom is -0.388 e. The van der Waals surface area contributed by atoms with Crippen LogP contribution in [0, 0.1) is 25.5 Å². The second kappa shape index (κ2) is 9.36. The number of hydrogen-bond donors (Lipinski definition) is 2. The molecule has 3 unspecified atom stereocenters. The Morgan fingerprint density at radius 3 is 2.30 bits per heavy atom. The van der Waals surface area contributed by atoms with Gasteiger partial charge in [0.05, 0.1) is 33.1 Å². The number of rotatable bonds is 7. The average Bonchev–Trinajstić information content (AvgIpc) is 3.06. The lowest BCUT2D eigenvalue weighted by molar-refractivity contribution is 0.129. The van der Waals surface area contributed by atoms with Gasteiger partial charge in [-0.05, 0) is 47.6 Å². The van der Waals surface area contributed by atoms with E-state index in [9.17, 15) is 13.7 Å². The fraction of sp³-hybridized carbons (Fsp3) is 0.435. The molecule has 1 aromatic carbocycles. The van der Waals surface area contributed by atoms with E-state index in [0.717, 1.165) is 6.07 Å². The summed E-state index contributed by atoms with van der Waals surface area (Å²) in [6.07, 6.45) is 2.96. The van der Waals surface area contributed by atoms with E-state index in [-0.39, 0.29) is 17.5 Å². The van der Waals surface area contributed by atoms with Gasteiger partial charge in [-0.15, -0.1) is 0 Å². The zero-order chi connectivity index (χ0) is 24.6. The standard InChI is InChI=1S/C23H28F2N4O3S/c1-13-21(14(2)32-28-13)20(30)9-23(6,29-33(31)22(3,4)5)17-7-16(18(24)8-19(17)25)15-10-26-12-27-11-15/h7-8,10-12,20,29-30H,9H2,1-6H3. The maximum atomic E-state index is 15.2. The van der Waals surface area contributed by atoms with Crippen molar-refractivity contribution in [3.63, 3.8) is 0 Å². The van der Waals surface area contributed by atoms with Crippen molar-refractivity contribution < 1.29 is 22.6 Å². The molecule has 0 aliphatic carbocycles. The maximum absolute atomic E-state index is 15.2. The largest absolute Gasteiger partial charge is 0.388 e. The molecule has 0 amide bonds. The fourth-order valence-corrected chi connectivity index (χ4v) is 4.56. The number of benzene rings is 1. The van der Waals surface area contributed by atoms with Crippen LogP contribution in [0.15, 0.2) is 35.4 Å². The van der Waals surface area contributed by atoms with Gasteiger partial charge in [-0.1, -0.05) is 5.16 Å². The van der Waals surface area contributed by atoms with Gasteiger partial charge in [0.2, 0.25) is 0 Å². The number of aliphatic hydroxyl groups is 1. The number of aryl methyl sites for hydroxylation is 2. The van der Waals surface area contributed by atoms with Crippen molar-refractivity contribution >= 4 is 11.0 Å². The molecule has 3 atom stereocenters. The molecule has 0 aliphatic heterocycles. The van der Waals surface area contributed by atoms with E-state index >= 15 is 4.39 Å². The lowest BCUT2D eigenvalue weighted by Crippen LogP contribution is -2.47. The third-order valence-electron chi connectivity index (χ3n) is 5.42. The summed E-state index contributed by atoms with van der Waals surface area (Å²) >= 11 is 0. The maximum Gasteiger partial charge on any atom is 0.139 e. The Morgan fingerprint density at radius 2 is 1.76 bits per heavy atom. The zero-order valence-electron chi connectivity index (χ0n) is 19.4. The van der Waals surface area contributed by atoms with Crippen molar-refractivity contribution in [2.75, 3.05) is 0 Å². The van der Waals surface area contributed by atoms with E-state index in [1.807, 2.05) is 0 Å². The van der Waals surface area contributed by atoms with Gasteiger partial charge in [0.1, 0.15) is 23.7 Å². The quantitative estimate of drug-likeness (QED) is 0.521. The van der Waals surface area contributed by atoms with Gasteiger partial charge in [-0.3, -0.25) is 0 Å². The topological polar surface area (TPSA) is 101 Å².